The van der Waals surface area contributed by atoms with Crippen molar-refractivity contribution < 1.29 is 0 Å². The van der Waals surface area contributed by atoms with Gasteiger partial charge in [0, 0.05) is 36.2 Å². The summed E-state index contributed by atoms with van der Waals surface area (Å²) in [6.07, 6.45) is 1.13. The molecule has 3 rings (SSSR count). The van der Waals surface area contributed by atoms with E-state index in [1.807, 2.05) is 0 Å². The Morgan fingerprint density at radius 3 is 2.88 bits per heavy atom. The third-order valence-corrected chi connectivity index (χ3v) is 3.88. The van der Waals surface area contributed by atoms with E-state index in [2.05, 4.69) is 42.8 Å². The van der Waals surface area contributed by atoms with Crippen LogP contribution in [-0.4, -0.2) is 11.1 Å². The molecule has 1 N–H and O–H groups in total. The number of nitrogens with zero attached hydrogens (tertiary/aromatic N) is 1. The molecule has 2 nitrogen and oxygen atoms in total. The highest BCUT2D eigenvalue weighted by Gasteiger charge is 2.19. The lowest BCUT2D eigenvalue weighted by atomic mass is 10.0. The Kier molecular flexibility index (Phi) is 2.48. The van der Waals surface area contributed by atoms with Gasteiger partial charge < -0.3 is 9.88 Å². The maximum absolute atomic E-state index is 3.49. The average molecular weight is 228 g/mol. The molecule has 90 valence electrons. The Bertz CT molecular complexity index is 578. The summed E-state index contributed by atoms with van der Waals surface area (Å²) < 4.78 is 2.52. The van der Waals surface area contributed by atoms with Gasteiger partial charge in [0.25, 0.3) is 0 Å². The number of aryl methyl sites for hydroxylation is 3. The second-order valence-corrected chi connectivity index (χ2v) is 5.08. The molecule has 0 bridgehead atoms. The highest BCUT2D eigenvalue weighted by Crippen LogP contribution is 2.31. The standard InChI is InChI=1S/C15H20N2/c1-4-12-14-9-16-5-6-17(14)13-8-10(2)7-11(3)15(12)13/h7-8,16H,4-6,9H2,1-3H3. The molecule has 17 heavy (non-hydrogen) atoms. The van der Waals surface area contributed by atoms with E-state index in [0.717, 1.165) is 26.1 Å². The molecule has 2 heteroatoms. The summed E-state index contributed by atoms with van der Waals surface area (Å²) in [7, 11) is 0. The highest BCUT2D eigenvalue weighted by molar-refractivity contribution is 5.89. The van der Waals surface area contributed by atoms with Crippen molar-refractivity contribution in [1.29, 1.82) is 0 Å². The van der Waals surface area contributed by atoms with E-state index in [1.165, 1.54) is 27.7 Å². The minimum Gasteiger partial charge on any atom is -0.342 e. The quantitative estimate of drug-likeness (QED) is 0.794. The normalized spacial score (nSPS) is 15.2. The van der Waals surface area contributed by atoms with Gasteiger partial charge in [-0.2, -0.15) is 0 Å². The number of aromatic nitrogens is 1. The van der Waals surface area contributed by atoms with E-state index in [0.29, 0.717) is 0 Å². The van der Waals surface area contributed by atoms with Gasteiger partial charge in [0.05, 0.1) is 0 Å². The number of benzene rings is 1. The van der Waals surface area contributed by atoms with E-state index in [9.17, 15) is 0 Å². The first kappa shape index (κ1) is 10.8. The SMILES string of the molecule is CCc1c2n(c3cc(C)cc(C)c13)CCNC2. The fourth-order valence-electron chi connectivity index (χ4n) is 3.24. The van der Waals surface area contributed by atoms with Crippen molar-refractivity contribution >= 4 is 10.9 Å². The molecule has 0 fully saturated rings. The van der Waals surface area contributed by atoms with Crippen LogP contribution in [0.1, 0.15) is 29.3 Å². The number of hydrogen-bond donors (Lipinski definition) is 1. The van der Waals surface area contributed by atoms with Gasteiger partial charge in [-0.1, -0.05) is 13.0 Å². The number of fused-ring (bicyclic) bond motifs is 3. The van der Waals surface area contributed by atoms with Crippen molar-refractivity contribution in [3.8, 4) is 0 Å². The van der Waals surface area contributed by atoms with Gasteiger partial charge in [0.15, 0.2) is 0 Å². The topological polar surface area (TPSA) is 17.0 Å². The van der Waals surface area contributed by atoms with Crippen molar-refractivity contribution in [2.24, 2.45) is 0 Å². The fraction of sp³-hybridized carbons (Fsp3) is 0.467. The van der Waals surface area contributed by atoms with E-state index >= 15 is 0 Å². The molecule has 0 spiro atoms. The third-order valence-electron chi connectivity index (χ3n) is 3.88. The maximum Gasteiger partial charge on any atom is 0.0491 e. The summed E-state index contributed by atoms with van der Waals surface area (Å²) in [4.78, 5) is 0. The van der Waals surface area contributed by atoms with Crippen LogP contribution >= 0.6 is 0 Å². The summed E-state index contributed by atoms with van der Waals surface area (Å²) in [5, 5.41) is 4.99. The summed E-state index contributed by atoms with van der Waals surface area (Å²) >= 11 is 0. The molecule has 1 aromatic carbocycles. The van der Waals surface area contributed by atoms with Crippen LogP contribution in [0, 0.1) is 13.8 Å². The first-order chi connectivity index (χ1) is 8.22. The summed E-state index contributed by atoms with van der Waals surface area (Å²) in [6, 6.07) is 4.65. The predicted molar refractivity (Wildman–Crippen MR) is 72.5 cm³/mol. The number of hydrogen-bond acceptors (Lipinski definition) is 1. The van der Waals surface area contributed by atoms with Crippen LogP contribution in [-0.2, 0) is 19.5 Å². The van der Waals surface area contributed by atoms with Crippen LogP contribution in [0.4, 0.5) is 0 Å². The van der Waals surface area contributed by atoms with E-state index in [4.69, 9.17) is 0 Å². The lowest BCUT2D eigenvalue weighted by molar-refractivity contribution is 0.523. The second-order valence-electron chi connectivity index (χ2n) is 5.08. The molecular formula is C15H20N2. The minimum atomic E-state index is 1.02. The van der Waals surface area contributed by atoms with Crippen molar-refractivity contribution in [3.05, 3.63) is 34.5 Å². The van der Waals surface area contributed by atoms with Gasteiger partial charge in [0.2, 0.25) is 0 Å². The molecule has 1 aromatic heterocycles. The third kappa shape index (κ3) is 1.51. The molecule has 0 aliphatic carbocycles. The van der Waals surface area contributed by atoms with Crippen LogP contribution in [0.15, 0.2) is 12.1 Å². The lowest BCUT2D eigenvalue weighted by Gasteiger charge is -2.18. The fourth-order valence-corrected chi connectivity index (χ4v) is 3.24. The van der Waals surface area contributed by atoms with Crippen molar-refractivity contribution in [3.63, 3.8) is 0 Å². The van der Waals surface area contributed by atoms with Crippen LogP contribution in [0.2, 0.25) is 0 Å². The van der Waals surface area contributed by atoms with Gasteiger partial charge in [-0.15, -0.1) is 0 Å². The van der Waals surface area contributed by atoms with E-state index in [-0.39, 0.29) is 0 Å². The van der Waals surface area contributed by atoms with Crippen molar-refractivity contribution in [2.75, 3.05) is 6.54 Å². The van der Waals surface area contributed by atoms with Crippen LogP contribution in [0.3, 0.4) is 0 Å². The largest absolute Gasteiger partial charge is 0.342 e. The molecule has 0 saturated carbocycles. The van der Waals surface area contributed by atoms with E-state index < -0.39 is 0 Å². The molecule has 2 heterocycles. The smallest absolute Gasteiger partial charge is 0.0491 e. The number of rotatable bonds is 1. The molecule has 0 unspecified atom stereocenters. The molecule has 0 atom stereocenters. The van der Waals surface area contributed by atoms with Crippen LogP contribution < -0.4 is 5.32 Å². The second kappa shape index (κ2) is 3.88. The van der Waals surface area contributed by atoms with Gasteiger partial charge in [0.1, 0.15) is 0 Å². The summed E-state index contributed by atoms with van der Waals surface area (Å²) in [5.74, 6) is 0. The summed E-state index contributed by atoms with van der Waals surface area (Å²) in [6.45, 7) is 9.93. The molecule has 2 aromatic rings. The summed E-state index contributed by atoms with van der Waals surface area (Å²) in [5.41, 5.74) is 7.29. The molecule has 0 saturated heterocycles. The Hall–Kier alpha value is -1.28. The zero-order valence-electron chi connectivity index (χ0n) is 10.9. The van der Waals surface area contributed by atoms with Gasteiger partial charge in [-0.3, -0.25) is 0 Å². The minimum absolute atomic E-state index is 1.02. The molecule has 0 amide bonds. The van der Waals surface area contributed by atoms with Gasteiger partial charge in [-0.25, -0.2) is 0 Å². The average Bonchev–Trinajstić information content (AvgIpc) is 2.63. The first-order valence-electron chi connectivity index (χ1n) is 6.54. The van der Waals surface area contributed by atoms with Crippen molar-refractivity contribution in [1.82, 2.24) is 9.88 Å². The molecule has 0 radical (unpaired) electrons. The molecule has 1 aliphatic rings. The Balaban J connectivity index is 2.43. The van der Waals surface area contributed by atoms with Crippen LogP contribution in [0.5, 0.6) is 0 Å². The lowest BCUT2D eigenvalue weighted by Crippen LogP contribution is -2.28. The van der Waals surface area contributed by atoms with Crippen molar-refractivity contribution in [2.45, 2.75) is 40.3 Å². The maximum atomic E-state index is 3.49. The Labute approximate surface area is 103 Å². The molecular weight excluding hydrogens is 208 g/mol. The number of nitrogens with one attached hydrogen (secondary N) is 1. The monoisotopic (exact) mass is 228 g/mol. The van der Waals surface area contributed by atoms with Gasteiger partial charge in [-0.05, 0) is 43.0 Å². The predicted octanol–water partition coefficient (Wildman–Crippen LogP) is 2.92. The first-order valence-corrected chi connectivity index (χ1v) is 6.54. The van der Waals surface area contributed by atoms with Gasteiger partial charge >= 0.3 is 0 Å². The van der Waals surface area contributed by atoms with E-state index in [1.54, 1.807) is 5.56 Å². The molecule has 1 aliphatic heterocycles. The Morgan fingerprint density at radius 1 is 1.29 bits per heavy atom. The van der Waals surface area contributed by atoms with Crippen LogP contribution in [0.25, 0.3) is 10.9 Å². The highest BCUT2D eigenvalue weighted by atomic mass is 15.1. The zero-order chi connectivity index (χ0) is 12.0. The Morgan fingerprint density at radius 2 is 2.12 bits per heavy atom. The zero-order valence-corrected chi connectivity index (χ0v) is 10.9.